The molecular weight excluding hydrogens is 252 g/mol. The van der Waals surface area contributed by atoms with E-state index >= 15 is 0 Å². The molecule has 1 aromatic heterocycles. The molecule has 3 heterocycles. The molecule has 0 aliphatic carbocycles. The van der Waals surface area contributed by atoms with Crippen molar-refractivity contribution in [1.29, 1.82) is 0 Å². The Morgan fingerprint density at radius 2 is 1.63 bits per heavy atom. The minimum atomic E-state index is -0.470. The summed E-state index contributed by atoms with van der Waals surface area (Å²) in [6.07, 6.45) is 1.64. The van der Waals surface area contributed by atoms with Gasteiger partial charge in [0.15, 0.2) is 0 Å². The summed E-state index contributed by atoms with van der Waals surface area (Å²) in [5.74, 6) is -0.283. The largest absolute Gasteiger partial charge is 0.494 e. The van der Waals surface area contributed by atoms with E-state index in [0.717, 1.165) is 10.6 Å². The first-order valence-electron chi connectivity index (χ1n) is 6.42. The van der Waals surface area contributed by atoms with Gasteiger partial charge in [0.1, 0.15) is 0 Å². The fourth-order valence-corrected chi connectivity index (χ4v) is 2.04. The summed E-state index contributed by atoms with van der Waals surface area (Å²) in [5, 5.41) is 9.70. The highest BCUT2D eigenvalue weighted by atomic mass is 16.6. The lowest BCUT2D eigenvalue weighted by atomic mass is 10.3. The fraction of sp³-hybridized carbons (Fsp3) is 0.667. The van der Waals surface area contributed by atoms with Gasteiger partial charge in [-0.15, -0.1) is 0 Å². The van der Waals surface area contributed by atoms with Crippen LogP contribution in [0.5, 0.6) is 5.88 Å². The Hall–Kier alpha value is -1.60. The first kappa shape index (κ1) is 12.4. The van der Waals surface area contributed by atoms with Crippen molar-refractivity contribution in [2.75, 3.05) is 13.2 Å². The second-order valence-corrected chi connectivity index (χ2v) is 4.91. The van der Waals surface area contributed by atoms with E-state index in [9.17, 15) is 14.7 Å². The predicted octanol–water partition coefficient (Wildman–Crippen LogP) is -0.707. The number of ether oxygens (including phenoxy) is 2. The van der Waals surface area contributed by atoms with Crippen LogP contribution in [0, 0.1) is 0 Å². The second kappa shape index (κ2) is 4.82. The summed E-state index contributed by atoms with van der Waals surface area (Å²) in [6.45, 7) is 2.08. The van der Waals surface area contributed by atoms with Gasteiger partial charge in [0, 0.05) is 13.1 Å². The van der Waals surface area contributed by atoms with Crippen LogP contribution >= 0.6 is 0 Å². The minimum absolute atomic E-state index is 0.161. The average Bonchev–Trinajstić information content (AvgIpc) is 3.23. The lowest BCUT2D eigenvalue weighted by Gasteiger charge is -2.10. The van der Waals surface area contributed by atoms with Crippen molar-refractivity contribution in [2.45, 2.75) is 38.1 Å². The van der Waals surface area contributed by atoms with Gasteiger partial charge in [-0.25, -0.2) is 4.79 Å². The van der Waals surface area contributed by atoms with Crippen LogP contribution in [0.15, 0.2) is 15.7 Å². The number of aromatic nitrogens is 2. The zero-order chi connectivity index (χ0) is 13.4. The average molecular weight is 268 g/mol. The normalized spacial score (nSPS) is 24.4. The number of hydrogen-bond acceptors (Lipinski definition) is 5. The fourth-order valence-electron chi connectivity index (χ4n) is 2.04. The summed E-state index contributed by atoms with van der Waals surface area (Å²) < 4.78 is 12.5. The Morgan fingerprint density at radius 1 is 1.11 bits per heavy atom. The van der Waals surface area contributed by atoms with Crippen LogP contribution in [-0.2, 0) is 22.6 Å². The van der Waals surface area contributed by atoms with Crippen molar-refractivity contribution < 1.29 is 14.6 Å². The molecular formula is C12H16N2O5. The van der Waals surface area contributed by atoms with Crippen LogP contribution < -0.4 is 11.2 Å². The first-order chi connectivity index (χ1) is 9.15. The quantitative estimate of drug-likeness (QED) is 0.689. The van der Waals surface area contributed by atoms with E-state index in [1.54, 1.807) is 0 Å². The maximum absolute atomic E-state index is 12.2. The van der Waals surface area contributed by atoms with Crippen molar-refractivity contribution in [3.05, 3.63) is 26.9 Å². The second-order valence-electron chi connectivity index (χ2n) is 4.91. The third-order valence-corrected chi connectivity index (χ3v) is 3.41. The van der Waals surface area contributed by atoms with E-state index in [-0.39, 0.29) is 18.1 Å². The molecule has 0 spiro atoms. The zero-order valence-corrected chi connectivity index (χ0v) is 10.4. The lowest BCUT2D eigenvalue weighted by molar-refractivity contribution is 0.347. The molecule has 0 bridgehead atoms. The molecule has 2 atom stereocenters. The molecule has 19 heavy (non-hydrogen) atoms. The molecule has 2 fully saturated rings. The van der Waals surface area contributed by atoms with E-state index in [4.69, 9.17) is 9.47 Å². The maximum atomic E-state index is 12.2. The Labute approximate surface area is 109 Å². The van der Waals surface area contributed by atoms with Gasteiger partial charge in [-0.1, -0.05) is 0 Å². The topological polar surface area (TPSA) is 89.3 Å². The van der Waals surface area contributed by atoms with Crippen molar-refractivity contribution in [3.63, 3.8) is 0 Å². The molecule has 1 N–H and O–H groups in total. The van der Waals surface area contributed by atoms with Crippen LogP contribution in [0.25, 0.3) is 0 Å². The van der Waals surface area contributed by atoms with Crippen LogP contribution in [-0.4, -0.2) is 39.7 Å². The monoisotopic (exact) mass is 268 g/mol. The highest BCUT2D eigenvalue weighted by molar-refractivity contribution is 5.07. The van der Waals surface area contributed by atoms with Gasteiger partial charge in [-0.05, 0) is 12.8 Å². The lowest BCUT2D eigenvalue weighted by Crippen LogP contribution is -2.39. The SMILES string of the molecule is O=c1cc(O)n(CCC2CO2)c(=O)n1CCC1CO1. The molecule has 104 valence electrons. The molecule has 3 rings (SSSR count). The summed E-state index contributed by atoms with van der Waals surface area (Å²) >= 11 is 0. The van der Waals surface area contributed by atoms with E-state index < -0.39 is 11.2 Å². The Kier molecular flexibility index (Phi) is 3.16. The molecule has 0 amide bonds. The van der Waals surface area contributed by atoms with E-state index in [2.05, 4.69) is 0 Å². The van der Waals surface area contributed by atoms with Gasteiger partial charge in [-0.3, -0.25) is 13.9 Å². The van der Waals surface area contributed by atoms with E-state index in [0.29, 0.717) is 39.1 Å². The van der Waals surface area contributed by atoms with Gasteiger partial charge in [0.05, 0.1) is 31.5 Å². The highest BCUT2D eigenvalue weighted by Crippen LogP contribution is 2.16. The minimum Gasteiger partial charge on any atom is -0.494 e. The molecule has 7 heteroatoms. The number of nitrogens with zero attached hydrogens (tertiary/aromatic N) is 2. The molecule has 7 nitrogen and oxygen atoms in total. The van der Waals surface area contributed by atoms with Crippen LogP contribution in [0.2, 0.25) is 0 Å². The number of epoxide rings is 2. The van der Waals surface area contributed by atoms with Crippen molar-refractivity contribution in [3.8, 4) is 5.88 Å². The Bertz CT molecular complexity index is 583. The number of rotatable bonds is 6. The highest BCUT2D eigenvalue weighted by Gasteiger charge is 2.24. The summed E-state index contributed by atoms with van der Waals surface area (Å²) in [4.78, 5) is 23.9. The smallest absolute Gasteiger partial charge is 0.333 e. The van der Waals surface area contributed by atoms with Crippen molar-refractivity contribution >= 4 is 0 Å². The predicted molar refractivity (Wildman–Crippen MR) is 65.3 cm³/mol. The first-order valence-corrected chi connectivity index (χ1v) is 6.42. The Morgan fingerprint density at radius 3 is 2.16 bits per heavy atom. The molecule has 0 radical (unpaired) electrons. The van der Waals surface area contributed by atoms with Crippen molar-refractivity contribution in [1.82, 2.24) is 9.13 Å². The standard InChI is InChI=1S/C12H16N2O5/c15-10-5-11(16)14(4-2-9-7-19-9)12(17)13(10)3-1-8-6-18-8/h5,8-9,15H,1-4,6-7H2. The molecule has 2 aliphatic rings. The third-order valence-electron chi connectivity index (χ3n) is 3.41. The molecule has 2 saturated heterocycles. The Balaban J connectivity index is 1.81. The van der Waals surface area contributed by atoms with Gasteiger partial charge in [0.2, 0.25) is 5.88 Å². The molecule has 0 saturated carbocycles. The van der Waals surface area contributed by atoms with Crippen LogP contribution in [0.4, 0.5) is 0 Å². The molecule has 2 aliphatic heterocycles. The zero-order valence-electron chi connectivity index (χ0n) is 10.4. The van der Waals surface area contributed by atoms with Crippen molar-refractivity contribution in [2.24, 2.45) is 0 Å². The van der Waals surface area contributed by atoms with Gasteiger partial charge < -0.3 is 14.6 Å². The number of hydrogen-bond donors (Lipinski definition) is 1. The molecule has 1 aromatic rings. The molecule has 2 unspecified atom stereocenters. The van der Waals surface area contributed by atoms with E-state index in [1.165, 1.54) is 4.57 Å². The summed E-state index contributed by atoms with van der Waals surface area (Å²) in [5.41, 5.74) is -0.937. The third kappa shape index (κ3) is 2.87. The van der Waals surface area contributed by atoms with E-state index in [1.807, 2.05) is 0 Å². The van der Waals surface area contributed by atoms with Crippen LogP contribution in [0.1, 0.15) is 12.8 Å². The number of aromatic hydroxyl groups is 1. The molecule has 0 aromatic carbocycles. The summed E-state index contributed by atoms with van der Waals surface area (Å²) in [7, 11) is 0. The van der Waals surface area contributed by atoms with Gasteiger partial charge >= 0.3 is 5.69 Å². The van der Waals surface area contributed by atoms with Gasteiger partial charge in [0.25, 0.3) is 5.56 Å². The summed E-state index contributed by atoms with van der Waals surface area (Å²) in [6, 6.07) is 1.09. The van der Waals surface area contributed by atoms with Gasteiger partial charge in [-0.2, -0.15) is 0 Å². The van der Waals surface area contributed by atoms with Crippen LogP contribution in [0.3, 0.4) is 0 Å². The maximum Gasteiger partial charge on any atom is 0.333 e.